The van der Waals surface area contributed by atoms with Gasteiger partial charge in [0.25, 0.3) is 11.8 Å². The van der Waals surface area contributed by atoms with Gasteiger partial charge in [0.15, 0.2) is 0 Å². The van der Waals surface area contributed by atoms with Crippen LogP contribution < -0.4 is 15.5 Å². The fraction of sp³-hybridized carbons (Fsp3) is 0.586. The molecule has 1 atom stereocenters. The summed E-state index contributed by atoms with van der Waals surface area (Å²) in [6.07, 6.45) is 1.58. The number of hydrogen-bond donors (Lipinski definition) is 2. The first-order chi connectivity index (χ1) is 20.8. The maximum Gasteiger partial charge on any atom is 0.407 e. The molecule has 14 heteroatoms. The fourth-order valence-corrected chi connectivity index (χ4v) is 5.94. The molecule has 14 nitrogen and oxygen atoms in total. The van der Waals surface area contributed by atoms with Crippen LogP contribution in [0, 0.1) is 0 Å². The third kappa shape index (κ3) is 6.58. The second-order valence-corrected chi connectivity index (χ2v) is 11.1. The zero-order valence-electron chi connectivity index (χ0n) is 24.5. The van der Waals surface area contributed by atoms with Gasteiger partial charge in [-0.05, 0) is 25.0 Å². The van der Waals surface area contributed by atoms with E-state index in [1.54, 1.807) is 18.2 Å². The predicted octanol–water partition coefficient (Wildman–Crippen LogP) is 0.474. The first-order valence-corrected chi connectivity index (χ1v) is 15.0. The van der Waals surface area contributed by atoms with E-state index in [0.29, 0.717) is 77.7 Å². The smallest absolute Gasteiger partial charge is 0.407 e. The quantitative estimate of drug-likeness (QED) is 0.322. The van der Waals surface area contributed by atoms with Gasteiger partial charge in [0.2, 0.25) is 11.8 Å². The summed E-state index contributed by atoms with van der Waals surface area (Å²) in [5.74, 6) is -2.13. The summed E-state index contributed by atoms with van der Waals surface area (Å²) in [7, 11) is 0. The number of anilines is 1. The van der Waals surface area contributed by atoms with Gasteiger partial charge in [-0.1, -0.05) is 19.4 Å². The fourth-order valence-electron chi connectivity index (χ4n) is 5.94. The summed E-state index contributed by atoms with van der Waals surface area (Å²) in [5, 5.41) is 4.99. The zero-order chi connectivity index (χ0) is 30.5. The largest absolute Gasteiger partial charge is 0.450 e. The predicted molar refractivity (Wildman–Crippen MR) is 155 cm³/mol. The van der Waals surface area contributed by atoms with Crippen molar-refractivity contribution in [3.05, 3.63) is 29.3 Å². The molecule has 2 N–H and O–H groups in total. The Hall–Kier alpha value is -4.20. The van der Waals surface area contributed by atoms with E-state index < -0.39 is 35.8 Å². The molecule has 3 saturated heterocycles. The van der Waals surface area contributed by atoms with Crippen LogP contribution in [-0.4, -0.2) is 133 Å². The van der Waals surface area contributed by atoms with Gasteiger partial charge in [0.05, 0.1) is 23.4 Å². The van der Waals surface area contributed by atoms with Gasteiger partial charge in [0.1, 0.15) is 6.04 Å². The van der Waals surface area contributed by atoms with Crippen molar-refractivity contribution in [1.82, 2.24) is 30.2 Å². The van der Waals surface area contributed by atoms with Crippen molar-refractivity contribution in [3.8, 4) is 0 Å². The van der Waals surface area contributed by atoms with Crippen LogP contribution in [0.2, 0.25) is 0 Å². The Balaban J connectivity index is 1.11. The van der Waals surface area contributed by atoms with E-state index in [2.05, 4.69) is 15.5 Å². The topological polar surface area (TPSA) is 152 Å². The average Bonchev–Trinajstić information content (AvgIpc) is 3.27. The number of nitrogens with zero attached hydrogens (tertiary/aromatic N) is 5. The van der Waals surface area contributed by atoms with E-state index in [0.717, 1.165) is 17.7 Å². The highest BCUT2D eigenvalue weighted by molar-refractivity contribution is 6.25. The van der Waals surface area contributed by atoms with Crippen molar-refractivity contribution in [2.45, 2.75) is 38.6 Å². The Morgan fingerprint density at radius 2 is 1.65 bits per heavy atom. The SMILES string of the molecule is CCCCOC(=O)NCCN1CCN(C(=O)N2CCN(c3cccc4c3C(=O)N(C3CCC(=O)NC3=O)C4=O)CC2)CC1. The molecular formula is C29H39N7O7. The first-order valence-electron chi connectivity index (χ1n) is 15.0. The molecule has 0 aliphatic carbocycles. The van der Waals surface area contributed by atoms with Crippen LogP contribution in [0.1, 0.15) is 53.3 Å². The number of unbranched alkanes of at least 4 members (excludes halogenated alkanes) is 1. The van der Waals surface area contributed by atoms with Gasteiger partial charge >= 0.3 is 12.1 Å². The van der Waals surface area contributed by atoms with Crippen LogP contribution in [-0.2, 0) is 14.3 Å². The molecule has 1 aromatic rings. The normalized spacial score (nSPS) is 21.2. The summed E-state index contributed by atoms with van der Waals surface area (Å²) in [6.45, 7) is 8.17. The number of alkyl carbamates (subject to hydrolysis) is 1. The maximum absolute atomic E-state index is 13.5. The van der Waals surface area contributed by atoms with Crippen molar-refractivity contribution < 1.29 is 33.5 Å². The van der Waals surface area contributed by atoms with E-state index >= 15 is 0 Å². The van der Waals surface area contributed by atoms with Gasteiger partial charge in [-0.15, -0.1) is 0 Å². The minimum absolute atomic E-state index is 0.0227. The van der Waals surface area contributed by atoms with Crippen molar-refractivity contribution >= 4 is 41.4 Å². The number of rotatable bonds is 8. The zero-order valence-corrected chi connectivity index (χ0v) is 24.5. The summed E-state index contributed by atoms with van der Waals surface area (Å²) in [6, 6.07) is 4.05. The second kappa shape index (κ2) is 13.4. The van der Waals surface area contributed by atoms with E-state index in [4.69, 9.17) is 4.74 Å². The number of imide groups is 2. The average molecular weight is 598 g/mol. The molecule has 1 aromatic carbocycles. The molecule has 0 spiro atoms. The van der Waals surface area contributed by atoms with Gasteiger partial charge in [-0.25, -0.2) is 9.59 Å². The van der Waals surface area contributed by atoms with Crippen molar-refractivity contribution in [2.24, 2.45) is 0 Å². The Morgan fingerprint density at radius 1 is 0.953 bits per heavy atom. The maximum atomic E-state index is 13.5. The molecule has 0 radical (unpaired) electrons. The van der Waals surface area contributed by atoms with Crippen molar-refractivity contribution in [3.63, 3.8) is 0 Å². The number of piperazine rings is 2. The van der Waals surface area contributed by atoms with Gasteiger partial charge in [0, 0.05) is 71.9 Å². The minimum atomic E-state index is -1.02. The third-order valence-corrected chi connectivity index (χ3v) is 8.41. The number of urea groups is 1. The Morgan fingerprint density at radius 3 is 2.33 bits per heavy atom. The van der Waals surface area contributed by atoms with E-state index in [-0.39, 0.29) is 30.0 Å². The number of benzene rings is 1. The number of carbonyl (C=O) groups is 6. The molecule has 0 bridgehead atoms. The summed E-state index contributed by atoms with van der Waals surface area (Å²) < 4.78 is 5.10. The van der Waals surface area contributed by atoms with Crippen LogP contribution >= 0.6 is 0 Å². The Labute approximate surface area is 250 Å². The van der Waals surface area contributed by atoms with E-state index in [1.807, 2.05) is 21.6 Å². The van der Waals surface area contributed by atoms with Crippen LogP contribution in [0.3, 0.4) is 0 Å². The third-order valence-electron chi connectivity index (χ3n) is 8.41. The van der Waals surface area contributed by atoms with Crippen LogP contribution in [0.25, 0.3) is 0 Å². The lowest BCUT2D eigenvalue weighted by Gasteiger charge is -2.41. The van der Waals surface area contributed by atoms with Gasteiger partial charge < -0.3 is 24.8 Å². The van der Waals surface area contributed by atoms with Gasteiger partial charge in [-0.2, -0.15) is 0 Å². The first kappa shape index (κ1) is 30.3. The molecule has 5 rings (SSSR count). The lowest BCUT2D eigenvalue weighted by molar-refractivity contribution is -0.136. The Kier molecular flexibility index (Phi) is 9.43. The number of nitrogens with one attached hydrogen (secondary N) is 2. The number of ether oxygens (including phenoxy) is 1. The van der Waals surface area contributed by atoms with E-state index in [1.165, 1.54) is 0 Å². The minimum Gasteiger partial charge on any atom is -0.450 e. The summed E-state index contributed by atoms with van der Waals surface area (Å²) >= 11 is 0. The molecule has 0 aromatic heterocycles. The monoisotopic (exact) mass is 597 g/mol. The number of hydrogen-bond acceptors (Lipinski definition) is 9. The molecule has 232 valence electrons. The summed E-state index contributed by atoms with van der Waals surface area (Å²) in [5.41, 5.74) is 1.11. The van der Waals surface area contributed by atoms with Crippen molar-refractivity contribution in [1.29, 1.82) is 0 Å². The number of carbonyl (C=O) groups excluding carboxylic acids is 6. The van der Waals surface area contributed by atoms with Crippen LogP contribution in [0.15, 0.2) is 18.2 Å². The number of amides is 7. The second-order valence-electron chi connectivity index (χ2n) is 11.1. The summed E-state index contributed by atoms with van der Waals surface area (Å²) in [4.78, 5) is 84.5. The number of piperidine rings is 1. The highest BCUT2D eigenvalue weighted by atomic mass is 16.5. The van der Waals surface area contributed by atoms with Crippen LogP contribution in [0.5, 0.6) is 0 Å². The molecule has 3 fully saturated rings. The highest BCUT2D eigenvalue weighted by Gasteiger charge is 2.46. The van der Waals surface area contributed by atoms with Gasteiger partial charge in [-0.3, -0.25) is 34.3 Å². The highest BCUT2D eigenvalue weighted by Crippen LogP contribution is 2.34. The molecule has 43 heavy (non-hydrogen) atoms. The molecule has 4 aliphatic rings. The molecule has 7 amide bonds. The van der Waals surface area contributed by atoms with Crippen molar-refractivity contribution in [2.75, 3.05) is 77.0 Å². The molecule has 4 heterocycles. The van der Waals surface area contributed by atoms with Crippen LogP contribution in [0.4, 0.5) is 15.3 Å². The Bertz CT molecular complexity index is 1270. The standard InChI is InChI=1S/C29H39N7O7/c1-2-3-19-43-28(41)30-9-10-32-11-13-34(14-12-32)29(42)35-17-15-33(16-18-35)21-6-4-5-20-24(21)27(40)36(26(20)39)22-7-8-23(37)31-25(22)38/h4-6,22H,2-3,7-19H2,1H3,(H,30,41)(H,31,37,38). The molecule has 1 unspecified atom stereocenters. The lowest BCUT2D eigenvalue weighted by Crippen LogP contribution is -2.57. The molecule has 4 aliphatic heterocycles. The lowest BCUT2D eigenvalue weighted by atomic mass is 10.0. The number of fused-ring (bicyclic) bond motifs is 1. The van der Waals surface area contributed by atoms with E-state index in [9.17, 15) is 28.8 Å². The molecule has 0 saturated carbocycles. The molecular weight excluding hydrogens is 558 g/mol.